The predicted molar refractivity (Wildman–Crippen MR) is 110 cm³/mol. The highest BCUT2D eigenvalue weighted by Crippen LogP contribution is 2.40. The summed E-state index contributed by atoms with van der Waals surface area (Å²) >= 11 is 7.63. The maximum Gasteiger partial charge on any atom is 0.230 e. The molecule has 28 heavy (non-hydrogen) atoms. The number of rotatable bonds is 7. The third-order valence-electron chi connectivity index (χ3n) is 4.60. The Hall–Kier alpha value is -2.38. The van der Waals surface area contributed by atoms with Crippen LogP contribution in [0.2, 0.25) is 5.02 Å². The fraction of sp³-hybridized carbons (Fsp3) is 0.300. The van der Waals surface area contributed by atoms with Gasteiger partial charge in [0.2, 0.25) is 5.91 Å². The molecule has 1 amide bonds. The molecular formula is C20H20ClN5OS. The van der Waals surface area contributed by atoms with Crippen LogP contribution in [0, 0.1) is 0 Å². The number of aromatic nitrogens is 4. The lowest BCUT2D eigenvalue weighted by Crippen LogP contribution is -2.28. The Bertz CT molecular complexity index is 974. The minimum absolute atomic E-state index is 0.0618. The van der Waals surface area contributed by atoms with Gasteiger partial charge in [0.25, 0.3) is 0 Å². The van der Waals surface area contributed by atoms with Gasteiger partial charge >= 0.3 is 0 Å². The summed E-state index contributed by atoms with van der Waals surface area (Å²) in [4.78, 5) is 16.5. The van der Waals surface area contributed by atoms with Crippen LogP contribution in [-0.2, 0) is 4.79 Å². The second kappa shape index (κ2) is 8.32. The maximum absolute atomic E-state index is 12.4. The number of thioether (sulfide) groups is 1. The molecule has 1 aromatic carbocycles. The van der Waals surface area contributed by atoms with Gasteiger partial charge < -0.3 is 5.32 Å². The van der Waals surface area contributed by atoms with Crippen LogP contribution >= 0.6 is 23.4 Å². The van der Waals surface area contributed by atoms with Crippen LogP contribution < -0.4 is 5.32 Å². The number of carbonyl (C=O) groups is 1. The summed E-state index contributed by atoms with van der Waals surface area (Å²) in [5.74, 6) is 1.04. The molecule has 0 unspecified atom stereocenters. The number of nitrogens with one attached hydrogen (secondary N) is 1. The molecule has 0 saturated heterocycles. The molecule has 6 nitrogen and oxygen atoms in total. The van der Waals surface area contributed by atoms with Gasteiger partial charge in [-0.05, 0) is 43.5 Å². The van der Waals surface area contributed by atoms with E-state index in [0.717, 1.165) is 34.9 Å². The molecular weight excluding hydrogens is 394 g/mol. The van der Waals surface area contributed by atoms with Gasteiger partial charge in [0.1, 0.15) is 0 Å². The zero-order valence-corrected chi connectivity index (χ0v) is 17.0. The molecule has 1 atom stereocenters. The van der Waals surface area contributed by atoms with Crippen LogP contribution in [0.4, 0.5) is 0 Å². The molecule has 0 aliphatic heterocycles. The standard InChI is InChI=1S/C20H20ClN5OS/c1-13(16-4-2-3-5-17(16)21)23-18(27)12-28-20-25-24-19(26(20)15-6-7-15)14-8-10-22-11-9-14/h2-5,8-11,13,15H,6-7,12H2,1H3,(H,23,27)/t13-/m1/s1. The second-order valence-corrected chi connectivity index (χ2v) is 8.09. The molecule has 1 aliphatic carbocycles. The van der Waals surface area contributed by atoms with Crippen molar-refractivity contribution >= 4 is 29.3 Å². The van der Waals surface area contributed by atoms with Crippen molar-refractivity contribution in [2.45, 2.75) is 37.0 Å². The smallest absolute Gasteiger partial charge is 0.230 e. The molecule has 144 valence electrons. The fourth-order valence-electron chi connectivity index (χ4n) is 3.05. The summed E-state index contributed by atoms with van der Waals surface area (Å²) in [6.07, 6.45) is 5.72. The summed E-state index contributed by atoms with van der Waals surface area (Å²) in [6, 6.07) is 11.6. The van der Waals surface area contributed by atoms with Crippen molar-refractivity contribution in [1.29, 1.82) is 0 Å². The van der Waals surface area contributed by atoms with Crippen LogP contribution in [0.25, 0.3) is 11.4 Å². The minimum Gasteiger partial charge on any atom is -0.349 e. The lowest BCUT2D eigenvalue weighted by Gasteiger charge is -2.15. The van der Waals surface area contributed by atoms with Gasteiger partial charge in [-0.1, -0.05) is 41.6 Å². The first kappa shape index (κ1) is 19.0. The van der Waals surface area contributed by atoms with Crippen molar-refractivity contribution in [3.8, 4) is 11.4 Å². The Morgan fingerprint density at radius 2 is 2.00 bits per heavy atom. The quantitative estimate of drug-likeness (QED) is 0.584. The summed E-state index contributed by atoms with van der Waals surface area (Å²) < 4.78 is 2.14. The van der Waals surface area contributed by atoms with E-state index in [1.165, 1.54) is 11.8 Å². The number of nitrogens with zero attached hydrogens (tertiary/aromatic N) is 4. The Balaban J connectivity index is 1.43. The molecule has 1 aliphatic rings. The number of amides is 1. The number of carbonyl (C=O) groups excluding carboxylic acids is 1. The van der Waals surface area contributed by atoms with E-state index in [9.17, 15) is 4.79 Å². The molecule has 0 bridgehead atoms. The van der Waals surface area contributed by atoms with E-state index in [0.29, 0.717) is 11.1 Å². The van der Waals surface area contributed by atoms with E-state index in [4.69, 9.17) is 11.6 Å². The van der Waals surface area contributed by atoms with Gasteiger partial charge in [-0.15, -0.1) is 10.2 Å². The zero-order chi connectivity index (χ0) is 19.5. The fourth-order valence-corrected chi connectivity index (χ4v) is 4.17. The highest BCUT2D eigenvalue weighted by atomic mass is 35.5. The number of hydrogen-bond acceptors (Lipinski definition) is 5. The van der Waals surface area contributed by atoms with Crippen LogP contribution in [0.3, 0.4) is 0 Å². The number of pyridine rings is 1. The molecule has 2 heterocycles. The van der Waals surface area contributed by atoms with E-state index in [-0.39, 0.29) is 17.7 Å². The van der Waals surface area contributed by atoms with Crippen molar-refractivity contribution in [3.63, 3.8) is 0 Å². The molecule has 0 radical (unpaired) electrons. The largest absolute Gasteiger partial charge is 0.349 e. The Morgan fingerprint density at radius 3 is 2.71 bits per heavy atom. The average Bonchev–Trinajstić information content (AvgIpc) is 3.46. The molecule has 4 rings (SSSR count). The van der Waals surface area contributed by atoms with Gasteiger partial charge in [0, 0.05) is 29.0 Å². The summed E-state index contributed by atoms with van der Waals surface area (Å²) in [5.41, 5.74) is 1.89. The average molecular weight is 414 g/mol. The third-order valence-corrected chi connectivity index (χ3v) is 5.88. The lowest BCUT2D eigenvalue weighted by atomic mass is 10.1. The van der Waals surface area contributed by atoms with Crippen LogP contribution in [0.1, 0.15) is 37.4 Å². The van der Waals surface area contributed by atoms with Crippen molar-refractivity contribution in [2.75, 3.05) is 5.75 Å². The number of hydrogen-bond donors (Lipinski definition) is 1. The van der Waals surface area contributed by atoms with Gasteiger partial charge in [-0.3, -0.25) is 14.3 Å². The zero-order valence-electron chi connectivity index (χ0n) is 15.4. The molecule has 2 aromatic heterocycles. The Morgan fingerprint density at radius 1 is 1.25 bits per heavy atom. The Kier molecular flexibility index (Phi) is 5.64. The van der Waals surface area contributed by atoms with E-state index < -0.39 is 0 Å². The van der Waals surface area contributed by atoms with Crippen molar-refractivity contribution in [1.82, 2.24) is 25.1 Å². The first-order chi connectivity index (χ1) is 13.6. The molecule has 1 saturated carbocycles. The normalized spacial score (nSPS) is 14.6. The summed E-state index contributed by atoms with van der Waals surface area (Å²) in [7, 11) is 0. The molecule has 0 spiro atoms. The van der Waals surface area contributed by atoms with E-state index >= 15 is 0 Å². The van der Waals surface area contributed by atoms with E-state index in [2.05, 4.69) is 25.1 Å². The predicted octanol–water partition coefficient (Wildman–Crippen LogP) is 4.30. The summed E-state index contributed by atoms with van der Waals surface area (Å²) in [5, 5.41) is 13.1. The highest BCUT2D eigenvalue weighted by molar-refractivity contribution is 7.99. The van der Waals surface area contributed by atoms with Crippen molar-refractivity contribution in [3.05, 3.63) is 59.4 Å². The van der Waals surface area contributed by atoms with Crippen LogP contribution in [0.5, 0.6) is 0 Å². The number of halogens is 1. The van der Waals surface area contributed by atoms with E-state index in [1.807, 2.05) is 43.3 Å². The first-order valence-corrected chi connectivity index (χ1v) is 10.5. The lowest BCUT2D eigenvalue weighted by molar-refractivity contribution is -0.119. The Labute approximate surface area is 172 Å². The monoisotopic (exact) mass is 413 g/mol. The highest BCUT2D eigenvalue weighted by Gasteiger charge is 2.30. The molecule has 1 fully saturated rings. The second-order valence-electron chi connectivity index (χ2n) is 6.74. The summed E-state index contributed by atoms with van der Waals surface area (Å²) in [6.45, 7) is 1.93. The van der Waals surface area contributed by atoms with Gasteiger partial charge in [-0.25, -0.2) is 0 Å². The SMILES string of the molecule is C[C@@H](NC(=O)CSc1nnc(-c2ccncc2)n1C1CC1)c1ccccc1Cl. The van der Waals surface area contributed by atoms with Gasteiger partial charge in [0.05, 0.1) is 11.8 Å². The van der Waals surface area contributed by atoms with Crippen LogP contribution in [-0.4, -0.2) is 31.4 Å². The van der Waals surface area contributed by atoms with E-state index in [1.54, 1.807) is 12.4 Å². The van der Waals surface area contributed by atoms with Crippen molar-refractivity contribution in [2.24, 2.45) is 0 Å². The topological polar surface area (TPSA) is 72.7 Å². The third kappa shape index (κ3) is 4.20. The van der Waals surface area contributed by atoms with Crippen LogP contribution in [0.15, 0.2) is 53.9 Å². The molecule has 3 aromatic rings. The molecule has 1 N–H and O–H groups in total. The number of benzene rings is 1. The minimum atomic E-state index is -0.157. The maximum atomic E-state index is 12.4. The first-order valence-electron chi connectivity index (χ1n) is 9.15. The van der Waals surface area contributed by atoms with Gasteiger partial charge in [-0.2, -0.15) is 0 Å². The molecule has 8 heteroatoms. The van der Waals surface area contributed by atoms with Crippen molar-refractivity contribution < 1.29 is 4.79 Å². The van der Waals surface area contributed by atoms with Gasteiger partial charge in [0.15, 0.2) is 11.0 Å².